The lowest BCUT2D eigenvalue weighted by Crippen LogP contribution is -2.43. The molecule has 0 atom stereocenters. The molecule has 0 spiro atoms. The second kappa shape index (κ2) is 8.03. The number of nitrogens with zero attached hydrogens (tertiary/aromatic N) is 3. The fourth-order valence-corrected chi connectivity index (χ4v) is 4.15. The molecule has 1 fully saturated rings. The average Bonchev–Trinajstić information content (AvgIpc) is 3.16. The Morgan fingerprint density at radius 2 is 1.81 bits per heavy atom. The molecule has 2 aromatic heterocycles. The zero-order chi connectivity index (χ0) is 21.4. The molecule has 1 saturated heterocycles. The second-order valence-electron chi connectivity index (χ2n) is 7.69. The summed E-state index contributed by atoms with van der Waals surface area (Å²) in [5, 5.41) is 6.07. The van der Waals surface area contributed by atoms with E-state index in [1.54, 1.807) is 6.07 Å². The van der Waals surface area contributed by atoms with E-state index in [0.29, 0.717) is 23.2 Å². The van der Waals surface area contributed by atoms with Crippen molar-refractivity contribution in [1.29, 1.82) is 0 Å². The summed E-state index contributed by atoms with van der Waals surface area (Å²) in [5.41, 5.74) is 3.43. The van der Waals surface area contributed by atoms with Gasteiger partial charge in [-0.15, -0.1) is 0 Å². The van der Waals surface area contributed by atoms with Crippen molar-refractivity contribution in [3.05, 3.63) is 76.7 Å². The van der Waals surface area contributed by atoms with E-state index >= 15 is 0 Å². The van der Waals surface area contributed by atoms with Crippen LogP contribution in [0.2, 0.25) is 0 Å². The van der Waals surface area contributed by atoms with E-state index in [0.717, 1.165) is 37.6 Å². The summed E-state index contributed by atoms with van der Waals surface area (Å²) in [4.78, 5) is 23.6. The van der Waals surface area contributed by atoms with Gasteiger partial charge in [-0.1, -0.05) is 6.07 Å². The summed E-state index contributed by atoms with van der Waals surface area (Å²) >= 11 is 0. The van der Waals surface area contributed by atoms with Gasteiger partial charge >= 0.3 is 0 Å². The minimum atomic E-state index is -0.686. The smallest absolute Gasteiger partial charge is 0.253 e. The molecule has 1 aromatic carbocycles. The molecular formula is C23H21F2N5O. The van der Waals surface area contributed by atoms with Crippen LogP contribution in [0.4, 0.5) is 14.5 Å². The van der Waals surface area contributed by atoms with E-state index in [9.17, 15) is 13.6 Å². The number of fused-ring (bicyclic) bond motifs is 1. The number of anilines is 1. The Bertz CT molecular complexity index is 1120. The number of pyridine rings is 2. The Kier molecular flexibility index (Phi) is 5.07. The number of carbonyl (C=O) groups excluding carboxylic acids is 1. The summed E-state index contributed by atoms with van der Waals surface area (Å²) in [5.74, 6) is -1.60. The van der Waals surface area contributed by atoms with Gasteiger partial charge in [0.15, 0.2) is 0 Å². The first-order valence-corrected chi connectivity index (χ1v) is 10.3. The minimum absolute atomic E-state index is 0.179. The Morgan fingerprint density at radius 3 is 2.52 bits per heavy atom. The predicted octanol–water partition coefficient (Wildman–Crippen LogP) is 2.67. The quantitative estimate of drug-likeness (QED) is 0.678. The molecule has 1 amide bonds. The van der Waals surface area contributed by atoms with Gasteiger partial charge in [-0.25, -0.2) is 13.8 Å². The molecule has 0 bridgehead atoms. The molecule has 8 heteroatoms. The van der Waals surface area contributed by atoms with Crippen LogP contribution in [0.15, 0.2) is 42.6 Å². The maximum atomic E-state index is 14.4. The zero-order valence-electron chi connectivity index (χ0n) is 16.8. The van der Waals surface area contributed by atoms with Crippen molar-refractivity contribution in [1.82, 2.24) is 20.6 Å². The van der Waals surface area contributed by atoms with Gasteiger partial charge in [0.05, 0.1) is 40.9 Å². The van der Waals surface area contributed by atoms with Gasteiger partial charge in [-0.05, 0) is 35.9 Å². The molecule has 3 aromatic rings. The molecule has 2 aliphatic heterocycles. The fourth-order valence-electron chi connectivity index (χ4n) is 4.15. The number of carbonyl (C=O) groups is 1. The van der Waals surface area contributed by atoms with Gasteiger partial charge in [0.2, 0.25) is 0 Å². The van der Waals surface area contributed by atoms with Crippen LogP contribution >= 0.6 is 0 Å². The topological polar surface area (TPSA) is 70.2 Å². The van der Waals surface area contributed by atoms with Gasteiger partial charge in [-0.3, -0.25) is 9.78 Å². The van der Waals surface area contributed by atoms with Crippen molar-refractivity contribution in [2.75, 3.05) is 31.1 Å². The minimum Gasteiger partial charge on any atom is -0.368 e. The summed E-state index contributed by atoms with van der Waals surface area (Å²) in [6.45, 7) is 3.97. The fraction of sp³-hybridized carbons (Fsp3) is 0.261. The molecular weight excluding hydrogens is 400 g/mol. The highest BCUT2D eigenvalue weighted by molar-refractivity contribution is 5.99. The van der Waals surface area contributed by atoms with Crippen molar-refractivity contribution in [3.63, 3.8) is 0 Å². The first kappa shape index (κ1) is 19.6. The third-order valence-corrected chi connectivity index (χ3v) is 5.70. The van der Waals surface area contributed by atoms with Gasteiger partial charge in [0, 0.05) is 38.3 Å². The van der Waals surface area contributed by atoms with Gasteiger partial charge < -0.3 is 15.5 Å². The molecule has 4 heterocycles. The predicted molar refractivity (Wildman–Crippen MR) is 113 cm³/mol. The summed E-state index contributed by atoms with van der Waals surface area (Å²) < 4.78 is 28.7. The largest absolute Gasteiger partial charge is 0.368 e. The number of benzene rings is 1. The van der Waals surface area contributed by atoms with Crippen LogP contribution in [0.25, 0.3) is 11.3 Å². The van der Waals surface area contributed by atoms with Crippen molar-refractivity contribution >= 4 is 11.6 Å². The molecule has 31 heavy (non-hydrogen) atoms. The number of amides is 1. The molecule has 158 valence electrons. The standard InChI is InChI=1S/C23H21F2N5O/c24-17-2-1-3-18(25)22(17)19-11-14(21-20(29-19)13-28-23(21)31)10-15-4-5-16(12-27-15)30-8-6-26-7-9-30/h1-5,11-12,26H,6-10,13H2,(H,28,31). The highest BCUT2D eigenvalue weighted by atomic mass is 19.1. The van der Waals surface area contributed by atoms with Crippen LogP contribution in [0.3, 0.4) is 0 Å². The molecule has 0 unspecified atom stereocenters. The first-order chi connectivity index (χ1) is 15.1. The van der Waals surface area contributed by atoms with Gasteiger partial charge in [-0.2, -0.15) is 0 Å². The molecule has 0 saturated carbocycles. The lowest BCUT2D eigenvalue weighted by Gasteiger charge is -2.29. The average molecular weight is 421 g/mol. The van der Waals surface area contributed by atoms with Crippen molar-refractivity contribution in [3.8, 4) is 11.3 Å². The summed E-state index contributed by atoms with van der Waals surface area (Å²) in [6.07, 6.45) is 2.20. The van der Waals surface area contributed by atoms with E-state index in [-0.39, 0.29) is 23.7 Å². The SMILES string of the molecule is O=C1NCc2nc(-c3c(F)cccc3F)cc(Cc3ccc(N4CCNCC4)cn3)c21. The van der Waals surface area contributed by atoms with Crippen LogP contribution in [0, 0.1) is 11.6 Å². The van der Waals surface area contributed by atoms with Gasteiger partial charge in [0.1, 0.15) is 11.6 Å². The number of rotatable bonds is 4. The molecule has 2 N–H and O–H groups in total. The molecule has 6 nitrogen and oxygen atoms in total. The van der Waals surface area contributed by atoms with Crippen LogP contribution < -0.4 is 15.5 Å². The zero-order valence-corrected chi connectivity index (χ0v) is 16.8. The number of piperazine rings is 1. The Hall–Kier alpha value is -3.39. The van der Waals surface area contributed by atoms with Crippen molar-refractivity contribution in [2.24, 2.45) is 0 Å². The molecule has 2 aliphatic rings. The van der Waals surface area contributed by atoms with Crippen LogP contribution in [0.1, 0.15) is 27.3 Å². The molecule has 5 rings (SSSR count). The number of halogens is 2. The highest BCUT2D eigenvalue weighted by Crippen LogP contribution is 2.30. The molecule has 0 aliphatic carbocycles. The van der Waals surface area contributed by atoms with E-state index in [4.69, 9.17) is 0 Å². The summed E-state index contributed by atoms with van der Waals surface area (Å²) in [7, 11) is 0. The Morgan fingerprint density at radius 1 is 1.03 bits per heavy atom. The van der Waals surface area contributed by atoms with E-state index in [2.05, 4.69) is 25.5 Å². The maximum absolute atomic E-state index is 14.4. The Balaban J connectivity index is 1.50. The summed E-state index contributed by atoms with van der Waals surface area (Å²) in [6, 6.07) is 9.26. The van der Waals surface area contributed by atoms with Crippen molar-refractivity contribution in [2.45, 2.75) is 13.0 Å². The van der Waals surface area contributed by atoms with Crippen LogP contribution in [-0.2, 0) is 13.0 Å². The maximum Gasteiger partial charge on any atom is 0.253 e. The van der Waals surface area contributed by atoms with E-state index in [1.807, 2.05) is 18.3 Å². The van der Waals surface area contributed by atoms with Crippen LogP contribution in [0.5, 0.6) is 0 Å². The van der Waals surface area contributed by atoms with E-state index in [1.165, 1.54) is 18.2 Å². The van der Waals surface area contributed by atoms with E-state index < -0.39 is 11.6 Å². The van der Waals surface area contributed by atoms with Gasteiger partial charge in [0.25, 0.3) is 5.91 Å². The molecule has 0 radical (unpaired) electrons. The monoisotopic (exact) mass is 421 g/mol. The normalized spacial score (nSPS) is 15.7. The number of aromatic nitrogens is 2. The number of hydrogen-bond donors (Lipinski definition) is 2. The van der Waals surface area contributed by atoms with Crippen molar-refractivity contribution < 1.29 is 13.6 Å². The van der Waals surface area contributed by atoms with Crippen LogP contribution in [-0.4, -0.2) is 42.1 Å². The third-order valence-electron chi connectivity index (χ3n) is 5.70. The Labute approximate surface area is 178 Å². The second-order valence-corrected chi connectivity index (χ2v) is 7.69. The number of nitrogens with one attached hydrogen (secondary N) is 2. The first-order valence-electron chi connectivity index (χ1n) is 10.3. The lowest BCUT2D eigenvalue weighted by molar-refractivity contribution is 0.0965. The number of hydrogen-bond acceptors (Lipinski definition) is 5. The third kappa shape index (κ3) is 3.74. The lowest BCUT2D eigenvalue weighted by atomic mass is 9.98. The highest BCUT2D eigenvalue weighted by Gasteiger charge is 2.27.